The first kappa shape index (κ1) is 8.31. The molecule has 0 spiro atoms. The Morgan fingerprint density at radius 2 is 2.12 bits per heavy atom. The van der Waals surface area contributed by atoms with Gasteiger partial charge in [0.2, 0.25) is 0 Å². The van der Waals surface area contributed by atoms with E-state index in [9.17, 15) is 0 Å². The summed E-state index contributed by atoms with van der Waals surface area (Å²) in [5.41, 5.74) is 5.75. The smallest absolute Gasteiger partial charge is 0.00155 e. The molecule has 0 aliphatic carbocycles. The van der Waals surface area contributed by atoms with E-state index >= 15 is 0 Å². The molecule has 0 aromatic carbocycles. The molecule has 1 unspecified atom stereocenters. The van der Waals surface area contributed by atoms with Gasteiger partial charge in [0, 0.05) is 0 Å². The van der Waals surface area contributed by atoms with Crippen LogP contribution in [-0.2, 0) is 0 Å². The second-order valence-electron chi connectivity index (χ2n) is 2.53. The third kappa shape index (κ3) is 2.05. The minimum Gasteiger partial charge on any atom is -0.330 e. The van der Waals surface area contributed by atoms with Crippen molar-refractivity contribution < 1.29 is 0 Å². The van der Waals surface area contributed by atoms with Gasteiger partial charge >= 0.3 is 0 Å². The van der Waals surface area contributed by atoms with E-state index in [0.717, 1.165) is 18.7 Å². The maximum absolute atomic E-state index is 5.48. The highest BCUT2D eigenvalue weighted by atomic mass is 32.1. The van der Waals surface area contributed by atoms with Crippen LogP contribution in [0.3, 0.4) is 0 Å². The molecule has 50 valence electrons. The minimum atomic E-state index is 0.267. The zero-order chi connectivity index (χ0) is 6.62. The van der Waals surface area contributed by atoms with Crippen LogP contribution in [0.5, 0.6) is 0 Å². The lowest BCUT2D eigenvalue weighted by molar-refractivity contribution is 0.375. The van der Waals surface area contributed by atoms with Crippen LogP contribution < -0.4 is 5.73 Å². The van der Waals surface area contributed by atoms with Crippen LogP contribution in [-0.4, -0.2) is 12.3 Å². The van der Waals surface area contributed by atoms with Crippen LogP contribution in [0.1, 0.15) is 20.3 Å². The van der Waals surface area contributed by atoms with E-state index < -0.39 is 0 Å². The topological polar surface area (TPSA) is 26.0 Å². The molecule has 0 aliphatic rings. The summed E-state index contributed by atoms with van der Waals surface area (Å²) < 4.78 is 0. The molecule has 0 heterocycles. The van der Waals surface area contributed by atoms with Gasteiger partial charge in [-0.25, -0.2) is 0 Å². The van der Waals surface area contributed by atoms with Crippen LogP contribution in [0.4, 0.5) is 0 Å². The first-order chi connectivity index (χ1) is 3.68. The van der Waals surface area contributed by atoms with Crippen molar-refractivity contribution in [1.82, 2.24) is 0 Å². The molecule has 0 rings (SSSR count). The Morgan fingerprint density at radius 3 is 2.12 bits per heavy atom. The summed E-state index contributed by atoms with van der Waals surface area (Å²) in [6, 6.07) is 0. The van der Waals surface area contributed by atoms with Crippen molar-refractivity contribution in [3.8, 4) is 0 Å². The summed E-state index contributed by atoms with van der Waals surface area (Å²) in [7, 11) is 0. The van der Waals surface area contributed by atoms with Gasteiger partial charge in [0.25, 0.3) is 0 Å². The zero-order valence-electron chi connectivity index (χ0n) is 5.65. The van der Waals surface area contributed by atoms with Crippen molar-refractivity contribution in [3.05, 3.63) is 0 Å². The van der Waals surface area contributed by atoms with Crippen LogP contribution in [0, 0.1) is 5.41 Å². The number of nitrogens with two attached hydrogens (primary N) is 1. The van der Waals surface area contributed by atoms with E-state index in [1.165, 1.54) is 0 Å². The molecule has 1 atom stereocenters. The molecule has 0 saturated carbocycles. The summed E-state index contributed by atoms with van der Waals surface area (Å²) in [6.45, 7) is 5.04. The lowest BCUT2D eigenvalue weighted by atomic mass is 9.90. The van der Waals surface area contributed by atoms with E-state index in [1.54, 1.807) is 0 Å². The Labute approximate surface area is 57.1 Å². The highest BCUT2D eigenvalue weighted by molar-refractivity contribution is 7.80. The van der Waals surface area contributed by atoms with Gasteiger partial charge in [-0.15, -0.1) is 0 Å². The van der Waals surface area contributed by atoms with Crippen molar-refractivity contribution in [1.29, 1.82) is 0 Å². The average molecular weight is 133 g/mol. The first-order valence-corrected chi connectivity index (χ1v) is 3.62. The predicted molar refractivity (Wildman–Crippen MR) is 41.3 cm³/mol. The molecule has 8 heavy (non-hydrogen) atoms. The highest BCUT2D eigenvalue weighted by Gasteiger charge is 2.16. The molecule has 0 fully saturated rings. The van der Waals surface area contributed by atoms with E-state index in [2.05, 4.69) is 26.5 Å². The minimum absolute atomic E-state index is 0.267. The Kier molecular flexibility index (Phi) is 3.49. The van der Waals surface area contributed by atoms with E-state index in [-0.39, 0.29) is 5.41 Å². The average Bonchev–Trinajstić information content (AvgIpc) is 1.87. The third-order valence-corrected chi connectivity index (χ3v) is 2.49. The number of hydrogen-bond donors (Lipinski definition) is 2. The SMILES string of the molecule is CCC(C)(CN)CS. The van der Waals surface area contributed by atoms with Gasteiger partial charge < -0.3 is 5.73 Å². The van der Waals surface area contributed by atoms with Crippen LogP contribution in [0.2, 0.25) is 0 Å². The van der Waals surface area contributed by atoms with Crippen molar-refractivity contribution >= 4 is 12.6 Å². The van der Waals surface area contributed by atoms with Crippen LogP contribution in [0.15, 0.2) is 0 Å². The third-order valence-electron chi connectivity index (χ3n) is 1.73. The maximum Gasteiger partial charge on any atom is -0.00155 e. The Morgan fingerprint density at radius 1 is 1.62 bits per heavy atom. The molecule has 0 radical (unpaired) electrons. The molecule has 0 saturated heterocycles. The fraction of sp³-hybridized carbons (Fsp3) is 1.00. The molecule has 0 aromatic rings. The molecule has 0 aromatic heterocycles. The fourth-order valence-corrected chi connectivity index (χ4v) is 0.673. The lowest BCUT2D eigenvalue weighted by Gasteiger charge is -2.22. The Bertz CT molecular complexity index is 51.3. The highest BCUT2D eigenvalue weighted by Crippen LogP contribution is 2.19. The Balaban J connectivity index is 3.58. The molecule has 1 nitrogen and oxygen atoms in total. The number of rotatable bonds is 3. The molecule has 2 N–H and O–H groups in total. The summed E-state index contributed by atoms with van der Waals surface area (Å²) in [5, 5.41) is 0. The number of thiol groups is 1. The van der Waals surface area contributed by atoms with Gasteiger partial charge in [-0.2, -0.15) is 12.6 Å². The van der Waals surface area contributed by atoms with E-state index in [4.69, 9.17) is 5.73 Å². The van der Waals surface area contributed by atoms with Crippen molar-refractivity contribution in [2.24, 2.45) is 11.1 Å². The molecule has 0 amide bonds. The summed E-state index contributed by atoms with van der Waals surface area (Å²) in [6.07, 6.45) is 1.12. The molecule has 0 bridgehead atoms. The van der Waals surface area contributed by atoms with Gasteiger partial charge in [-0.3, -0.25) is 0 Å². The van der Waals surface area contributed by atoms with Crippen LogP contribution >= 0.6 is 12.6 Å². The van der Waals surface area contributed by atoms with E-state index in [1.807, 2.05) is 0 Å². The van der Waals surface area contributed by atoms with Crippen molar-refractivity contribution in [2.75, 3.05) is 12.3 Å². The zero-order valence-corrected chi connectivity index (χ0v) is 6.54. The van der Waals surface area contributed by atoms with Gasteiger partial charge in [0.05, 0.1) is 0 Å². The fourth-order valence-electron chi connectivity index (χ4n) is 0.321. The maximum atomic E-state index is 5.48. The molecule has 0 aliphatic heterocycles. The molecule has 2 heteroatoms. The summed E-state index contributed by atoms with van der Waals surface area (Å²) in [4.78, 5) is 0. The molecular weight excluding hydrogens is 118 g/mol. The lowest BCUT2D eigenvalue weighted by Crippen LogP contribution is -2.27. The standard InChI is InChI=1S/C6H15NS/c1-3-6(2,4-7)5-8/h8H,3-5,7H2,1-2H3. The number of hydrogen-bond acceptors (Lipinski definition) is 2. The first-order valence-electron chi connectivity index (χ1n) is 2.99. The normalized spacial score (nSPS) is 18.0. The largest absolute Gasteiger partial charge is 0.330 e. The second kappa shape index (κ2) is 3.36. The summed E-state index contributed by atoms with van der Waals surface area (Å²) in [5.74, 6) is 0.889. The van der Waals surface area contributed by atoms with Crippen molar-refractivity contribution in [2.45, 2.75) is 20.3 Å². The van der Waals surface area contributed by atoms with E-state index in [0.29, 0.717) is 0 Å². The summed E-state index contributed by atoms with van der Waals surface area (Å²) >= 11 is 4.18. The Hall–Kier alpha value is 0.310. The van der Waals surface area contributed by atoms with Gasteiger partial charge in [-0.05, 0) is 24.1 Å². The molecular formula is C6H15NS. The van der Waals surface area contributed by atoms with Crippen LogP contribution in [0.25, 0.3) is 0 Å². The van der Waals surface area contributed by atoms with Gasteiger partial charge in [-0.1, -0.05) is 13.8 Å². The van der Waals surface area contributed by atoms with Gasteiger partial charge in [0.1, 0.15) is 0 Å². The van der Waals surface area contributed by atoms with Gasteiger partial charge in [0.15, 0.2) is 0 Å². The quantitative estimate of drug-likeness (QED) is 0.557. The monoisotopic (exact) mass is 133 g/mol. The van der Waals surface area contributed by atoms with Crippen molar-refractivity contribution in [3.63, 3.8) is 0 Å². The predicted octanol–water partition coefficient (Wildman–Crippen LogP) is 1.29. The second-order valence-corrected chi connectivity index (χ2v) is 2.84.